The van der Waals surface area contributed by atoms with Crippen LogP contribution in [0.25, 0.3) is 0 Å². The molecule has 7 heteroatoms. The van der Waals surface area contributed by atoms with E-state index in [2.05, 4.69) is 10.5 Å². The van der Waals surface area contributed by atoms with Gasteiger partial charge in [0.05, 0.1) is 12.8 Å². The first kappa shape index (κ1) is 16.5. The Morgan fingerprint density at radius 3 is 2.81 bits per heavy atom. The number of carbonyl (C=O) groups excluding carboxylic acids is 1. The highest BCUT2D eigenvalue weighted by atomic mass is 35.5. The van der Waals surface area contributed by atoms with Crippen molar-refractivity contribution in [3.05, 3.63) is 28.8 Å². The van der Waals surface area contributed by atoms with Crippen molar-refractivity contribution in [2.24, 2.45) is 5.10 Å². The number of anilines is 1. The van der Waals surface area contributed by atoms with E-state index < -0.39 is 5.97 Å². The molecular weight excluding hydrogens is 328 g/mol. The summed E-state index contributed by atoms with van der Waals surface area (Å²) in [5.74, 6) is 1.67. The molecule has 0 aromatic heterocycles. The van der Waals surface area contributed by atoms with Crippen molar-refractivity contribution in [3.8, 4) is 0 Å². The Hall–Kier alpha value is -0.850. The van der Waals surface area contributed by atoms with Gasteiger partial charge >= 0.3 is 5.97 Å². The largest absolute Gasteiger partial charge is 0.464 e. The highest BCUT2D eigenvalue weighted by molar-refractivity contribution is 8.18. The van der Waals surface area contributed by atoms with Gasteiger partial charge in [-0.2, -0.15) is 5.10 Å². The third-order valence-corrected chi connectivity index (χ3v) is 6.34. The maximum absolute atomic E-state index is 11.9. The summed E-state index contributed by atoms with van der Waals surface area (Å²) in [4.78, 5) is 11.9. The molecule has 2 rings (SSSR count). The molecule has 0 unspecified atom stereocenters. The summed E-state index contributed by atoms with van der Waals surface area (Å²) < 4.78 is 4.86. The summed E-state index contributed by atoms with van der Waals surface area (Å²) in [6.45, 7) is 1.90. The predicted molar refractivity (Wildman–Crippen MR) is 92.6 cm³/mol. The lowest BCUT2D eigenvalue weighted by molar-refractivity contribution is -0.132. The fourth-order valence-electron chi connectivity index (χ4n) is 1.79. The van der Waals surface area contributed by atoms with Crippen molar-refractivity contribution < 1.29 is 9.53 Å². The molecule has 1 aliphatic heterocycles. The van der Waals surface area contributed by atoms with Crippen molar-refractivity contribution in [1.29, 1.82) is 0 Å². The molecule has 4 nitrogen and oxygen atoms in total. The smallest absolute Gasteiger partial charge is 0.356 e. The van der Waals surface area contributed by atoms with Crippen LogP contribution in [0.5, 0.6) is 0 Å². The molecule has 114 valence electrons. The molecule has 0 bridgehead atoms. The number of carbonyl (C=O) groups is 1. The van der Waals surface area contributed by atoms with Gasteiger partial charge in [0, 0.05) is 5.02 Å². The third kappa shape index (κ3) is 4.31. The van der Waals surface area contributed by atoms with Gasteiger partial charge in [0.1, 0.15) is 4.58 Å². The quantitative estimate of drug-likeness (QED) is 0.511. The summed E-state index contributed by atoms with van der Waals surface area (Å²) in [5, 5.41) is 4.95. The van der Waals surface area contributed by atoms with Gasteiger partial charge in [-0.15, -0.1) is 23.5 Å². The standard InChI is InChI=1S/C14H17ClN2O2S2/c1-9-10(15)5-3-6-11(9)16-17-12(13(18)19-2)14-20-7-4-8-21-14/h3,5-6,14,16H,4,7-8H2,1-2H3/b17-12+. The van der Waals surface area contributed by atoms with E-state index in [1.165, 1.54) is 7.11 Å². The van der Waals surface area contributed by atoms with Crippen molar-refractivity contribution in [2.75, 3.05) is 24.0 Å². The summed E-state index contributed by atoms with van der Waals surface area (Å²) in [6, 6.07) is 5.54. The molecular formula is C14H17ClN2O2S2. The van der Waals surface area contributed by atoms with Crippen LogP contribution in [0, 0.1) is 6.92 Å². The Morgan fingerprint density at radius 2 is 2.14 bits per heavy atom. The normalized spacial score (nSPS) is 16.6. The van der Waals surface area contributed by atoms with Gasteiger partial charge < -0.3 is 4.74 Å². The predicted octanol–water partition coefficient (Wildman–Crippen LogP) is 3.79. The van der Waals surface area contributed by atoms with Crippen LogP contribution in [0.2, 0.25) is 5.02 Å². The molecule has 1 fully saturated rings. The number of rotatable bonds is 4. The number of hydrogen-bond donors (Lipinski definition) is 1. The number of halogens is 1. The lowest BCUT2D eigenvalue weighted by Crippen LogP contribution is -2.28. The van der Waals surface area contributed by atoms with Crippen LogP contribution in [0.4, 0.5) is 5.69 Å². The monoisotopic (exact) mass is 344 g/mol. The van der Waals surface area contributed by atoms with E-state index in [1.807, 2.05) is 25.1 Å². The van der Waals surface area contributed by atoms with E-state index in [0.29, 0.717) is 10.7 Å². The Bertz CT molecular complexity index is 546. The lowest BCUT2D eigenvalue weighted by Gasteiger charge is -2.21. The van der Waals surface area contributed by atoms with Gasteiger partial charge in [-0.3, -0.25) is 5.43 Å². The molecule has 1 aliphatic rings. The molecule has 1 heterocycles. The maximum atomic E-state index is 11.9. The minimum atomic E-state index is -0.394. The molecule has 0 spiro atoms. The van der Waals surface area contributed by atoms with E-state index >= 15 is 0 Å². The van der Waals surface area contributed by atoms with Crippen LogP contribution in [0.1, 0.15) is 12.0 Å². The van der Waals surface area contributed by atoms with Gasteiger partial charge in [0.25, 0.3) is 0 Å². The molecule has 0 atom stereocenters. The molecule has 1 saturated heterocycles. The third-order valence-electron chi connectivity index (χ3n) is 3.01. The van der Waals surface area contributed by atoms with E-state index in [0.717, 1.165) is 29.2 Å². The van der Waals surface area contributed by atoms with Gasteiger partial charge in [0.2, 0.25) is 0 Å². The topological polar surface area (TPSA) is 50.7 Å². The Morgan fingerprint density at radius 1 is 1.43 bits per heavy atom. The number of hydrogen-bond acceptors (Lipinski definition) is 6. The minimum Gasteiger partial charge on any atom is -0.464 e. The number of methoxy groups -OCH3 is 1. The molecule has 21 heavy (non-hydrogen) atoms. The Labute approximate surface area is 138 Å². The highest BCUT2D eigenvalue weighted by Gasteiger charge is 2.27. The van der Waals surface area contributed by atoms with Gasteiger partial charge in [-0.05, 0) is 42.5 Å². The fourth-order valence-corrected chi connectivity index (χ4v) is 4.78. The Balaban J connectivity index is 2.19. The van der Waals surface area contributed by atoms with Crippen LogP contribution in [-0.4, -0.2) is 34.9 Å². The molecule has 1 aromatic rings. The number of hydrazone groups is 1. The van der Waals surface area contributed by atoms with Gasteiger partial charge in [0.15, 0.2) is 5.71 Å². The van der Waals surface area contributed by atoms with Crippen molar-refractivity contribution >= 4 is 52.5 Å². The van der Waals surface area contributed by atoms with Crippen molar-refractivity contribution in [3.63, 3.8) is 0 Å². The zero-order chi connectivity index (χ0) is 15.2. The van der Waals surface area contributed by atoms with Crippen LogP contribution in [-0.2, 0) is 9.53 Å². The van der Waals surface area contributed by atoms with Gasteiger partial charge in [-0.25, -0.2) is 4.79 Å². The second-order valence-corrected chi connectivity index (χ2v) is 7.57. The number of ether oxygens (including phenoxy) is 1. The Kier molecular flexibility index (Phi) is 6.26. The molecule has 0 amide bonds. The number of nitrogens with one attached hydrogen (secondary N) is 1. The molecule has 0 aliphatic carbocycles. The zero-order valence-electron chi connectivity index (χ0n) is 11.9. The first-order chi connectivity index (χ1) is 10.1. The van der Waals surface area contributed by atoms with Crippen LogP contribution in [0.15, 0.2) is 23.3 Å². The van der Waals surface area contributed by atoms with Crippen LogP contribution in [0.3, 0.4) is 0 Å². The number of thioether (sulfide) groups is 2. The summed E-state index contributed by atoms with van der Waals surface area (Å²) >= 11 is 9.52. The molecule has 1 aromatic carbocycles. The molecule has 1 N–H and O–H groups in total. The second-order valence-electron chi connectivity index (χ2n) is 4.44. The van der Waals surface area contributed by atoms with E-state index in [-0.39, 0.29) is 4.58 Å². The number of nitrogens with zero attached hydrogens (tertiary/aromatic N) is 1. The number of esters is 1. The van der Waals surface area contributed by atoms with E-state index in [4.69, 9.17) is 16.3 Å². The van der Waals surface area contributed by atoms with E-state index in [9.17, 15) is 4.79 Å². The maximum Gasteiger partial charge on any atom is 0.356 e. The van der Waals surface area contributed by atoms with Gasteiger partial charge in [-0.1, -0.05) is 17.7 Å². The van der Waals surface area contributed by atoms with Crippen LogP contribution >= 0.6 is 35.1 Å². The SMILES string of the molecule is COC(=O)/C(=N\Nc1cccc(Cl)c1C)C1SCCCS1. The molecule has 0 radical (unpaired) electrons. The first-order valence-corrected chi connectivity index (χ1v) is 9.01. The summed E-state index contributed by atoms with van der Waals surface area (Å²) in [5.41, 5.74) is 5.04. The number of benzene rings is 1. The summed E-state index contributed by atoms with van der Waals surface area (Å²) in [7, 11) is 1.38. The average Bonchev–Trinajstić information content (AvgIpc) is 2.52. The van der Waals surface area contributed by atoms with Crippen molar-refractivity contribution in [2.45, 2.75) is 17.9 Å². The summed E-state index contributed by atoms with van der Waals surface area (Å²) in [6.07, 6.45) is 1.15. The fraction of sp³-hybridized carbons (Fsp3) is 0.429. The second kappa shape index (κ2) is 7.96. The highest BCUT2D eigenvalue weighted by Crippen LogP contribution is 2.32. The van der Waals surface area contributed by atoms with Crippen molar-refractivity contribution in [1.82, 2.24) is 0 Å². The van der Waals surface area contributed by atoms with E-state index in [1.54, 1.807) is 23.5 Å². The molecule has 0 saturated carbocycles. The zero-order valence-corrected chi connectivity index (χ0v) is 14.3. The minimum absolute atomic E-state index is 0.0122. The lowest BCUT2D eigenvalue weighted by atomic mass is 10.2. The first-order valence-electron chi connectivity index (χ1n) is 6.53. The van der Waals surface area contributed by atoms with Crippen LogP contribution < -0.4 is 5.43 Å². The average molecular weight is 345 g/mol.